The Balaban J connectivity index is 2.24. The van der Waals surface area contributed by atoms with Crippen molar-refractivity contribution in [2.24, 2.45) is 4.99 Å². The highest BCUT2D eigenvalue weighted by Gasteiger charge is 2.17. The number of thiophene rings is 2. The number of carbonyl (C=O) groups excluding carboxylic acids is 2. The third-order valence-corrected chi connectivity index (χ3v) is 5.96. The minimum Gasteiger partial charge on any atom is -0.465 e. The van der Waals surface area contributed by atoms with Crippen LogP contribution in [0.25, 0.3) is 0 Å². The van der Waals surface area contributed by atoms with Crippen molar-refractivity contribution in [1.82, 2.24) is 0 Å². The van der Waals surface area contributed by atoms with Crippen molar-refractivity contribution in [2.45, 2.75) is 39.5 Å². The second kappa shape index (κ2) is 10.2. The van der Waals surface area contributed by atoms with Gasteiger partial charge in [0.15, 0.2) is 0 Å². The van der Waals surface area contributed by atoms with Gasteiger partial charge >= 0.3 is 11.9 Å². The van der Waals surface area contributed by atoms with E-state index in [9.17, 15) is 9.59 Å². The first kappa shape index (κ1) is 21.1. The number of aryl methyl sites for hydroxylation is 2. The van der Waals surface area contributed by atoms with E-state index in [-0.39, 0.29) is 5.97 Å². The standard InChI is InChI=1S/C19H24N2O4S2/c1-5-7-12-9-14(18(22)24-3)16(26-12)20-11-21-17-15(19(23)25-4)10-13(27-17)8-6-2/h9-11H,5-8H2,1-4H3,(H,20,21). The molecule has 0 aliphatic heterocycles. The summed E-state index contributed by atoms with van der Waals surface area (Å²) in [4.78, 5) is 30.5. The Hall–Kier alpha value is -2.19. The van der Waals surface area contributed by atoms with Crippen LogP contribution in [0.15, 0.2) is 17.1 Å². The van der Waals surface area contributed by atoms with E-state index in [1.165, 1.54) is 43.2 Å². The highest BCUT2D eigenvalue weighted by molar-refractivity contribution is 7.17. The Morgan fingerprint density at radius 2 is 1.56 bits per heavy atom. The van der Waals surface area contributed by atoms with Gasteiger partial charge in [0.2, 0.25) is 0 Å². The molecule has 0 amide bonds. The Morgan fingerprint density at radius 3 is 2.15 bits per heavy atom. The van der Waals surface area contributed by atoms with E-state index in [4.69, 9.17) is 9.47 Å². The lowest BCUT2D eigenvalue weighted by Crippen LogP contribution is -2.04. The first-order valence-corrected chi connectivity index (χ1v) is 10.4. The number of aliphatic imine (C=N–C) groups is 1. The number of methoxy groups -OCH3 is 2. The van der Waals surface area contributed by atoms with Crippen molar-refractivity contribution in [3.63, 3.8) is 0 Å². The summed E-state index contributed by atoms with van der Waals surface area (Å²) in [7, 11) is 2.72. The van der Waals surface area contributed by atoms with Crippen LogP contribution < -0.4 is 5.32 Å². The van der Waals surface area contributed by atoms with Crippen LogP contribution in [0, 0.1) is 0 Å². The van der Waals surface area contributed by atoms with E-state index >= 15 is 0 Å². The molecule has 0 aliphatic carbocycles. The lowest BCUT2D eigenvalue weighted by molar-refractivity contribution is 0.0593. The van der Waals surface area contributed by atoms with E-state index in [2.05, 4.69) is 24.2 Å². The molecule has 146 valence electrons. The molecular weight excluding hydrogens is 384 g/mol. The van der Waals surface area contributed by atoms with Crippen LogP contribution >= 0.6 is 22.7 Å². The number of nitrogens with one attached hydrogen (secondary N) is 1. The fraction of sp³-hybridized carbons (Fsp3) is 0.421. The number of hydrogen-bond donors (Lipinski definition) is 1. The van der Waals surface area contributed by atoms with Gasteiger partial charge in [-0.3, -0.25) is 0 Å². The number of carbonyl (C=O) groups is 2. The van der Waals surface area contributed by atoms with E-state index < -0.39 is 5.97 Å². The summed E-state index contributed by atoms with van der Waals surface area (Å²) in [6.45, 7) is 4.17. The first-order chi connectivity index (χ1) is 13.0. The van der Waals surface area contributed by atoms with E-state index in [0.717, 1.165) is 35.4 Å². The summed E-state index contributed by atoms with van der Waals surface area (Å²) in [5, 5.41) is 4.33. The maximum absolute atomic E-state index is 12.0. The quantitative estimate of drug-likeness (QED) is 0.356. The number of esters is 2. The molecule has 8 heteroatoms. The zero-order valence-corrected chi connectivity index (χ0v) is 17.6. The second-order valence-electron chi connectivity index (χ2n) is 5.77. The molecule has 0 saturated heterocycles. The molecule has 0 aromatic carbocycles. The van der Waals surface area contributed by atoms with Crippen LogP contribution in [0.2, 0.25) is 0 Å². The molecule has 1 N–H and O–H groups in total. The Morgan fingerprint density at radius 1 is 1.00 bits per heavy atom. The van der Waals surface area contributed by atoms with Crippen LogP contribution in [-0.4, -0.2) is 32.5 Å². The van der Waals surface area contributed by atoms with Crippen molar-refractivity contribution in [2.75, 3.05) is 19.5 Å². The average molecular weight is 409 g/mol. The van der Waals surface area contributed by atoms with Gasteiger partial charge < -0.3 is 14.8 Å². The Bertz CT molecular complexity index is 824. The van der Waals surface area contributed by atoms with Gasteiger partial charge in [0.25, 0.3) is 0 Å². The number of ether oxygens (including phenoxy) is 2. The summed E-state index contributed by atoms with van der Waals surface area (Å²) >= 11 is 2.96. The molecule has 27 heavy (non-hydrogen) atoms. The minimum absolute atomic E-state index is 0.388. The molecule has 0 aliphatic rings. The molecule has 2 aromatic heterocycles. The van der Waals surface area contributed by atoms with Gasteiger partial charge in [-0.15, -0.1) is 22.7 Å². The average Bonchev–Trinajstić information content (AvgIpc) is 3.25. The van der Waals surface area contributed by atoms with Crippen molar-refractivity contribution >= 4 is 51.0 Å². The third-order valence-electron chi connectivity index (χ3n) is 3.73. The predicted octanol–water partition coefficient (Wildman–Crippen LogP) is 5.06. The normalized spacial score (nSPS) is 11.0. The molecule has 0 radical (unpaired) electrons. The van der Waals surface area contributed by atoms with Gasteiger partial charge in [-0.25, -0.2) is 14.6 Å². The second-order valence-corrected chi connectivity index (χ2v) is 8.02. The van der Waals surface area contributed by atoms with E-state index in [0.29, 0.717) is 21.1 Å². The predicted molar refractivity (Wildman–Crippen MR) is 111 cm³/mol. The van der Waals surface area contributed by atoms with Gasteiger partial charge in [-0.2, -0.15) is 0 Å². The van der Waals surface area contributed by atoms with Crippen LogP contribution in [-0.2, 0) is 22.3 Å². The minimum atomic E-state index is -0.405. The van der Waals surface area contributed by atoms with Crippen molar-refractivity contribution in [3.8, 4) is 0 Å². The molecule has 2 rings (SSSR count). The van der Waals surface area contributed by atoms with Gasteiger partial charge in [-0.1, -0.05) is 26.7 Å². The maximum Gasteiger partial charge on any atom is 0.340 e. The fourth-order valence-electron chi connectivity index (χ4n) is 2.48. The smallest absolute Gasteiger partial charge is 0.340 e. The maximum atomic E-state index is 12.0. The number of rotatable bonds is 9. The summed E-state index contributed by atoms with van der Waals surface area (Å²) < 4.78 is 9.70. The Labute approximate surface area is 167 Å². The van der Waals surface area contributed by atoms with Gasteiger partial charge in [0.05, 0.1) is 31.7 Å². The first-order valence-electron chi connectivity index (χ1n) is 8.75. The molecule has 2 heterocycles. The van der Waals surface area contributed by atoms with Crippen molar-refractivity contribution in [3.05, 3.63) is 33.0 Å². The molecule has 2 aromatic rings. The van der Waals surface area contributed by atoms with Gasteiger partial charge in [-0.05, 0) is 25.0 Å². The Kier molecular flexibility index (Phi) is 7.99. The van der Waals surface area contributed by atoms with Gasteiger partial charge in [0, 0.05) is 9.75 Å². The number of anilines is 1. The molecule has 6 nitrogen and oxygen atoms in total. The monoisotopic (exact) mass is 408 g/mol. The number of hydrogen-bond acceptors (Lipinski definition) is 7. The SMILES string of the molecule is CCCc1cc(C(=O)OC)c(N=CNc2sc(CCC)cc2C(=O)OC)s1. The molecule has 0 fully saturated rings. The van der Waals surface area contributed by atoms with Gasteiger partial charge in [0.1, 0.15) is 10.0 Å². The summed E-state index contributed by atoms with van der Waals surface area (Å²) in [6.07, 6.45) is 5.26. The summed E-state index contributed by atoms with van der Waals surface area (Å²) in [5.74, 6) is -0.793. The summed E-state index contributed by atoms with van der Waals surface area (Å²) in [6, 6.07) is 3.68. The molecule has 0 saturated carbocycles. The zero-order valence-electron chi connectivity index (χ0n) is 16.0. The van der Waals surface area contributed by atoms with Crippen LogP contribution in [0.4, 0.5) is 10.0 Å². The molecule has 0 atom stereocenters. The zero-order chi connectivity index (χ0) is 19.8. The highest BCUT2D eigenvalue weighted by Crippen LogP contribution is 2.33. The molecule has 0 unspecified atom stereocenters. The van der Waals surface area contributed by atoms with Crippen molar-refractivity contribution < 1.29 is 19.1 Å². The van der Waals surface area contributed by atoms with Crippen LogP contribution in [0.3, 0.4) is 0 Å². The van der Waals surface area contributed by atoms with Crippen molar-refractivity contribution in [1.29, 1.82) is 0 Å². The van der Waals surface area contributed by atoms with Crippen LogP contribution in [0.5, 0.6) is 0 Å². The van der Waals surface area contributed by atoms with E-state index in [1.807, 2.05) is 12.1 Å². The third kappa shape index (κ3) is 5.40. The largest absolute Gasteiger partial charge is 0.465 e. The number of nitrogens with zero attached hydrogens (tertiary/aromatic N) is 1. The van der Waals surface area contributed by atoms with E-state index in [1.54, 1.807) is 0 Å². The lowest BCUT2D eigenvalue weighted by atomic mass is 10.2. The van der Waals surface area contributed by atoms with Crippen LogP contribution in [0.1, 0.15) is 57.2 Å². The lowest BCUT2D eigenvalue weighted by Gasteiger charge is -2.01. The molecular formula is C19H24N2O4S2. The topological polar surface area (TPSA) is 77.0 Å². The highest BCUT2D eigenvalue weighted by atomic mass is 32.1. The summed E-state index contributed by atoms with van der Waals surface area (Å²) in [5.41, 5.74) is 0.943. The molecule has 0 spiro atoms. The fourth-order valence-corrected chi connectivity index (χ4v) is 4.68. The molecule has 0 bridgehead atoms.